The highest BCUT2D eigenvalue weighted by Crippen LogP contribution is 2.33. The smallest absolute Gasteiger partial charge is 0.335 e. The molecule has 0 aromatic heterocycles. The summed E-state index contributed by atoms with van der Waals surface area (Å²) in [6, 6.07) is 11.1. The molecule has 0 radical (unpaired) electrons. The maximum atomic E-state index is 11.0. The van der Waals surface area contributed by atoms with Crippen LogP contribution in [0.2, 0.25) is 0 Å². The van der Waals surface area contributed by atoms with E-state index < -0.39 is 5.97 Å². The van der Waals surface area contributed by atoms with Crippen LogP contribution in [0.1, 0.15) is 46.8 Å². The first-order valence-corrected chi connectivity index (χ1v) is 7.01. The van der Waals surface area contributed by atoms with E-state index >= 15 is 0 Å². The quantitative estimate of drug-likeness (QED) is 0.867. The van der Waals surface area contributed by atoms with Gasteiger partial charge in [-0.3, -0.25) is 0 Å². The first kappa shape index (κ1) is 15.1. The van der Waals surface area contributed by atoms with Gasteiger partial charge < -0.3 is 9.84 Å². The van der Waals surface area contributed by atoms with Gasteiger partial charge in [-0.2, -0.15) is 0 Å². The van der Waals surface area contributed by atoms with Crippen LogP contribution in [0.25, 0.3) is 0 Å². The molecular formula is C18H20O3. The number of aryl methyl sites for hydroxylation is 2. The van der Waals surface area contributed by atoms with Crippen molar-refractivity contribution in [1.82, 2.24) is 0 Å². The summed E-state index contributed by atoms with van der Waals surface area (Å²) in [6.07, 6.45) is 0. The lowest BCUT2D eigenvalue weighted by atomic mass is 10.0. The molecule has 3 nitrogen and oxygen atoms in total. The van der Waals surface area contributed by atoms with Crippen molar-refractivity contribution in [3.8, 4) is 11.5 Å². The number of aromatic carboxylic acids is 1. The lowest BCUT2D eigenvalue weighted by molar-refractivity contribution is 0.0697. The van der Waals surface area contributed by atoms with E-state index in [-0.39, 0.29) is 5.56 Å². The number of hydrogen-bond acceptors (Lipinski definition) is 2. The van der Waals surface area contributed by atoms with Gasteiger partial charge in [-0.1, -0.05) is 26.0 Å². The Hall–Kier alpha value is -2.29. The maximum Gasteiger partial charge on any atom is 0.335 e. The van der Waals surface area contributed by atoms with Crippen molar-refractivity contribution in [2.75, 3.05) is 0 Å². The summed E-state index contributed by atoms with van der Waals surface area (Å²) < 4.78 is 6.02. The number of carbonyl (C=O) groups is 1. The predicted molar refractivity (Wildman–Crippen MR) is 83.5 cm³/mol. The Morgan fingerprint density at radius 2 is 1.76 bits per heavy atom. The average Bonchev–Trinajstić information content (AvgIpc) is 2.40. The second-order valence-corrected chi connectivity index (χ2v) is 5.58. The molecule has 2 aromatic carbocycles. The van der Waals surface area contributed by atoms with Crippen LogP contribution in [-0.2, 0) is 0 Å². The molecule has 0 unspecified atom stereocenters. The standard InChI is InChI=1S/C18H20O3/c1-11(2)15-7-5-12(3)9-17(15)21-16-8-6-14(18(19)20)10-13(16)4/h5-11H,1-4H3,(H,19,20). The summed E-state index contributed by atoms with van der Waals surface area (Å²) in [7, 11) is 0. The highest BCUT2D eigenvalue weighted by Gasteiger charge is 2.12. The van der Waals surface area contributed by atoms with Gasteiger partial charge in [0.15, 0.2) is 0 Å². The highest BCUT2D eigenvalue weighted by molar-refractivity contribution is 5.88. The Balaban J connectivity index is 2.38. The monoisotopic (exact) mass is 284 g/mol. The molecule has 0 spiro atoms. The molecule has 0 bridgehead atoms. The van der Waals surface area contributed by atoms with Crippen LogP contribution in [0, 0.1) is 13.8 Å². The van der Waals surface area contributed by atoms with E-state index in [0.717, 1.165) is 22.4 Å². The minimum atomic E-state index is -0.928. The zero-order valence-electron chi connectivity index (χ0n) is 12.8. The van der Waals surface area contributed by atoms with Crippen molar-refractivity contribution in [3.05, 3.63) is 58.7 Å². The minimum Gasteiger partial charge on any atom is -0.478 e. The van der Waals surface area contributed by atoms with E-state index in [1.165, 1.54) is 0 Å². The number of rotatable bonds is 4. The van der Waals surface area contributed by atoms with Gasteiger partial charge in [-0.15, -0.1) is 0 Å². The largest absolute Gasteiger partial charge is 0.478 e. The molecule has 0 aliphatic carbocycles. The third-order valence-electron chi connectivity index (χ3n) is 3.43. The Morgan fingerprint density at radius 1 is 1.05 bits per heavy atom. The van der Waals surface area contributed by atoms with Crippen molar-refractivity contribution >= 4 is 5.97 Å². The van der Waals surface area contributed by atoms with Gasteiger partial charge in [-0.05, 0) is 60.7 Å². The summed E-state index contributed by atoms with van der Waals surface area (Å²) in [5, 5.41) is 9.00. The lowest BCUT2D eigenvalue weighted by Gasteiger charge is -2.16. The van der Waals surface area contributed by atoms with E-state index in [4.69, 9.17) is 9.84 Å². The summed E-state index contributed by atoms with van der Waals surface area (Å²) in [4.78, 5) is 11.0. The first-order valence-electron chi connectivity index (χ1n) is 7.01. The van der Waals surface area contributed by atoms with Crippen molar-refractivity contribution in [3.63, 3.8) is 0 Å². The summed E-state index contributed by atoms with van der Waals surface area (Å²) in [5.41, 5.74) is 3.36. The zero-order chi connectivity index (χ0) is 15.6. The molecule has 3 heteroatoms. The van der Waals surface area contributed by atoms with Gasteiger partial charge in [0, 0.05) is 0 Å². The van der Waals surface area contributed by atoms with E-state index in [1.54, 1.807) is 18.2 Å². The molecule has 2 aromatic rings. The van der Waals surface area contributed by atoms with Gasteiger partial charge in [0.2, 0.25) is 0 Å². The SMILES string of the molecule is Cc1ccc(C(C)C)c(Oc2ccc(C(=O)O)cc2C)c1. The van der Waals surface area contributed by atoms with Crippen molar-refractivity contribution in [2.24, 2.45) is 0 Å². The van der Waals surface area contributed by atoms with Crippen molar-refractivity contribution in [2.45, 2.75) is 33.6 Å². The van der Waals surface area contributed by atoms with E-state index in [9.17, 15) is 4.79 Å². The number of ether oxygens (including phenoxy) is 1. The third-order valence-corrected chi connectivity index (χ3v) is 3.43. The summed E-state index contributed by atoms with van der Waals surface area (Å²) >= 11 is 0. The fourth-order valence-electron chi connectivity index (χ4n) is 2.22. The molecule has 110 valence electrons. The number of hydrogen-bond donors (Lipinski definition) is 1. The topological polar surface area (TPSA) is 46.5 Å². The predicted octanol–water partition coefficient (Wildman–Crippen LogP) is 4.92. The van der Waals surface area contributed by atoms with Gasteiger partial charge in [0.05, 0.1) is 5.56 Å². The van der Waals surface area contributed by atoms with Gasteiger partial charge in [-0.25, -0.2) is 4.79 Å². The molecule has 0 fully saturated rings. The molecule has 0 aliphatic heterocycles. The first-order chi connectivity index (χ1) is 9.88. The Kier molecular flexibility index (Phi) is 4.32. The number of carboxylic acid groups (broad SMARTS) is 1. The van der Waals surface area contributed by atoms with Gasteiger partial charge in [0.1, 0.15) is 11.5 Å². The normalized spacial score (nSPS) is 10.7. The third kappa shape index (κ3) is 3.43. The van der Waals surface area contributed by atoms with Crippen molar-refractivity contribution in [1.29, 1.82) is 0 Å². The molecule has 0 saturated carbocycles. The summed E-state index contributed by atoms with van der Waals surface area (Å²) in [5.74, 6) is 0.950. The molecule has 0 atom stereocenters. The Labute approximate surface area is 125 Å². The molecule has 21 heavy (non-hydrogen) atoms. The Bertz CT molecular complexity index is 672. The molecule has 2 rings (SSSR count). The van der Waals surface area contributed by atoms with Crippen LogP contribution >= 0.6 is 0 Å². The summed E-state index contributed by atoms with van der Waals surface area (Å²) in [6.45, 7) is 8.12. The highest BCUT2D eigenvalue weighted by atomic mass is 16.5. The van der Waals surface area contributed by atoms with Crippen molar-refractivity contribution < 1.29 is 14.6 Å². The molecule has 0 heterocycles. The van der Waals surface area contributed by atoms with E-state index in [1.807, 2.05) is 19.9 Å². The second kappa shape index (κ2) is 6.00. The van der Waals surface area contributed by atoms with Gasteiger partial charge >= 0.3 is 5.97 Å². The van der Waals surface area contributed by atoms with Crippen LogP contribution < -0.4 is 4.74 Å². The molecule has 0 saturated heterocycles. The molecule has 0 aliphatic rings. The second-order valence-electron chi connectivity index (χ2n) is 5.58. The van der Waals surface area contributed by atoms with Crippen LogP contribution in [0.5, 0.6) is 11.5 Å². The zero-order valence-corrected chi connectivity index (χ0v) is 12.8. The van der Waals surface area contributed by atoms with Crippen LogP contribution in [0.3, 0.4) is 0 Å². The number of benzene rings is 2. The minimum absolute atomic E-state index is 0.271. The van der Waals surface area contributed by atoms with E-state index in [2.05, 4.69) is 26.0 Å². The molecule has 1 N–H and O–H groups in total. The molecule has 0 amide bonds. The fraction of sp³-hybridized carbons (Fsp3) is 0.278. The van der Waals surface area contributed by atoms with Crippen LogP contribution in [0.4, 0.5) is 0 Å². The van der Waals surface area contributed by atoms with Gasteiger partial charge in [0.25, 0.3) is 0 Å². The number of carboxylic acids is 1. The fourth-order valence-corrected chi connectivity index (χ4v) is 2.22. The Morgan fingerprint density at radius 3 is 2.33 bits per heavy atom. The lowest BCUT2D eigenvalue weighted by Crippen LogP contribution is -1.99. The van der Waals surface area contributed by atoms with E-state index in [0.29, 0.717) is 11.7 Å². The van der Waals surface area contributed by atoms with Crippen LogP contribution in [0.15, 0.2) is 36.4 Å². The average molecular weight is 284 g/mol. The molecular weight excluding hydrogens is 264 g/mol. The maximum absolute atomic E-state index is 11.0. The van der Waals surface area contributed by atoms with Crippen LogP contribution in [-0.4, -0.2) is 11.1 Å².